The van der Waals surface area contributed by atoms with Crippen molar-refractivity contribution in [3.8, 4) is 11.5 Å². The van der Waals surface area contributed by atoms with Crippen LogP contribution in [0.25, 0.3) is 0 Å². The molecule has 0 radical (unpaired) electrons. The lowest BCUT2D eigenvalue weighted by molar-refractivity contribution is 0.267. The van der Waals surface area contributed by atoms with Crippen molar-refractivity contribution in [3.63, 3.8) is 0 Å². The SMILES string of the molecule is CCCOc1ccccc1OCCNCc1sccc1C. The Kier molecular flexibility index (Phi) is 6.57. The van der Waals surface area contributed by atoms with Crippen molar-refractivity contribution in [2.75, 3.05) is 19.8 Å². The lowest BCUT2D eigenvalue weighted by Gasteiger charge is -2.12. The predicted octanol–water partition coefficient (Wildman–Crippen LogP) is 4.01. The van der Waals surface area contributed by atoms with E-state index in [1.165, 1.54) is 10.4 Å². The highest BCUT2D eigenvalue weighted by Crippen LogP contribution is 2.26. The molecule has 1 N–H and O–H groups in total. The first-order valence-corrected chi connectivity index (χ1v) is 8.27. The molecular formula is C17H23NO2S. The molecule has 0 bridgehead atoms. The molecule has 2 rings (SSSR count). The number of nitrogens with one attached hydrogen (secondary N) is 1. The highest BCUT2D eigenvalue weighted by Gasteiger charge is 2.03. The van der Waals surface area contributed by atoms with Crippen LogP contribution in [0.2, 0.25) is 0 Å². The van der Waals surface area contributed by atoms with Gasteiger partial charge in [0.05, 0.1) is 6.61 Å². The summed E-state index contributed by atoms with van der Waals surface area (Å²) in [5, 5.41) is 5.54. The first-order valence-electron chi connectivity index (χ1n) is 7.39. The minimum Gasteiger partial charge on any atom is -0.490 e. The summed E-state index contributed by atoms with van der Waals surface area (Å²) < 4.78 is 11.5. The van der Waals surface area contributed by atoms with Crippen molar-refractivity contribution in [2.45, 2.75) is 26.8 Å². The third-order valence-electron chi connectivity index (χ3n) is 3.10. The first-order chi connectivity index (χ1) is 10.3. The van der Waals surface area contributed by atoms with Crippen LogP contribution < -0.4 is 14.8 Å². The van der Waals surface area contributed by atoms with E-state index in [0.717, 1.165) is 37.6 Å². The van der Waals surface area contributed by atoms with Crippen LogP contribution >= 0.6 is 11.3 Å². The topological polar surface area (TPSA) is 30.5 Å². The van der Waals surface area contributed by atoms with Crippen molar-refractivity contribution in [2.24, 2.45) is 0 Å². The van der Waals surface area contributed by atoms with Gasteiger partial charge in [-0.2, -0.15) is 0 Å². The van der Waals surface area contributed by atoms with Gasteiger partial charge >= 0.3 is 0 Å². The zero-order valence-corrected chi connectivity index (χ0v) is 13.5. The maximum Gasteiger partial charge on any atom is 0.161 e. The Morgan fingerprint density at radius 2 is 1.76 bits per heavy atom. The van der Waals surface area contributed by atoms with E-state index in [0.29, 0.717) is 6.61 Å². The van der Waals surface area contributed by atoms with E-state index in [2.05, 4.69) is 30.6 Å². The van der Waals surface area contributed by atoms with Crippen LogP contribution in [0.4, 0.5) is 0 Å². The molecule has 0 saturated heterocycles. The molecule has 0 spiro atoms. The zero-order chi connectivity index (χ0) is 14.9. The minimum absolute atomic E-state index is 0.636. The fraction of sp³-hybridized carbons (Fsp3) is 0.412. The summed E-state index contributed by atoms with van der Waals surface area (Å²) in [6, 6.07) is 9.99. The van der Waals surface area contributed by atoms with E-state index >= 15 is 0 Å². The van der Waals surface area contributed by atoms with Crippen molar-refractivity contribution in [3.05, 3.63) is 46.2 Å². The van der Waals surface area contributed by atoms with Gasteiger partial charge in [0, 0.05) is 18.0 Å². The van der Waals surface area contributed by atoms with E-state index in [4.69, 9.17) is 9.47 Å². The third-order valence-corrected chi connectivity index (χ3v) is 4.12. The van der Waals surface area contributed by atoms with E-state index in [1.807, 2.05) is 24.3 Å². The molecule has 114 valence electrons. The lowest BCUT2D eigenvalue weighted by Crippen LogP contribution is -2.20. The van der Waals surface area contributed by atoms with Crippen molar-refractivity contribution >= 4 is 11.3 Å². The Hall–Kier alpha value is -1.52. The standard InChI is InChI=1S/C17H23NO2S/c1-3-10-19-15-6-4-5-7-16(15)20-11-9-18-13-17-14(2)8-12-21-17/h4-8,12,18H,3,9-11,13H2,1-2H3. The lowest BCUT2D eigenvalue weighted by atomic mass is 10.3. The smallest absolute Gasteiger partial charge is 0.161 e. The van der Waals surface area contributed by atoms with Gasteiger partial charge in [0.1, 0.15) is 6.61 Å². The maximum absolute atomic E-state index is 5.80. The molecule has 0 atom stereocenters. The predicted molar refractivity (Wildman–Crippen MR) is 88.5 cm³/mol. The molecule has 1 heterocycles. The summed E-state index contributed by atoms with van der Waals surface area (Å²) in [6.07, 6.45) is 0.996. The Bertz CT molecular complexity index is 539. The molecule has 0 unspecified atom stereocenters. The number of aryl methyl sites for hydroxylation is 1. The molecule has 0 aliphatic heterocycles. The largest absolute Gasteiger partial charge is 0.490 e. The van der Waals surface area contributed by atoms with Crippen LogP contribution in [-0.4, -0.2) is 19.8 Å². The Labute approximate surface area is 130 Å². The summed E-state index contributed by atoms with van der Waals surface area (Å²) >= 11 is 1.79. The highest BCUT2D eigenvalue weighted by molar-refractivity contribution is 7.10. The third kappa shape index (κ3) is 5.06. The quantitative estimate of drug-likeness (QED) is 0.710. The molecule has 3 nitrogen and oxygen atoms in total. The van der Waals surface area contributed by atoms with Crippen LogP contribution in [0.15, 0.2) is 35.7 Å². The van der Waals surface area contributed by atoms with Gasteiger partial charge in [0.2, 0.25) is 0 Å². The Morgan fingerprint density at radius 1 is 1.05 bits per heavy atom. The normalized spacial score (nSPS) is 10.6. The van der Waals surface area contributed by atoms with Gasteiger partial charge in [0.25, 0.3) is 0 Å². The van der Waals surface area contributed by atoms with E-state index in [1.54, 1.807) is 11.3 Å². The van der Waals surface area contributed by atoms with Crippen LogP contribution in [0.3, 0.4) is 0 Å². The second-order valence-corrected chi connectivity index (χ2v) is 5.85. The van der Waals surface area contributed by atoms with Gasteiger partial charge in [-0.25, -0.2) is 0 Å². The number of ether oxygens (including phenoxy) is 2. The van der Waals surface area contributed by atoms with Crippen molar-refractivity contribution in [1.82, 2.24) is 5.32 Å². The summed E-state index contributed by atoms with van der Waals surface area (Å²) in [4.78, 5) is 1.39. The first kappa shape index (κ1) is 15.9. The van der Waals surface area contributed by atoms with Crippen LogP contribution in [-0.2, 0) is 6.54 Å². The summed E-state index contributed by atoms with van der Waals surface area (Å²) in [6.45, 7) is 7.32. The van der Waals surface area contributed by atoms with Gasteiger partial charge in [-0.3, -0.25) is 0 Å². The van der Waals surface area contributed by atoms with Crippen LogP contribution in [0.1, 0.15) is 23.8 Å². The Morgan fingerprint density at radius 3 is 2.38 bits per heavy atom. The number of benzene rings is 1. The molecule has 4 heteroatoms. The molecule has 2 aromatic rings. The number of rotatable bonds is 9. The minimum atomic E-state index is 0.636. The fourth-order valence-electron chi connectivity index (χ4n) is 1.92. The molecule has 1 aromatic heterocycles. The second-order valence-electron chi connectivity index (χ2n) is 4.85. The van der Waals surface area contributed by atoms with Gasteiger partial charge in [-0.1, -0.05) is 19.1 Å². The maximum atomic E-state index is 5.80. The zero-order valence-electron chi connectivity index (χ0n) is 12.7. The molecule has 0 fully saturated rings. The van der Waals surface area contributed by atoms with Gasteiger partial charge in [-0.15, -0.1) is 11.3 Å². The number of hydrogen-bond donors (Lipinski definition) is 1. The van der Waals surface area contributed by atoms with E-state index in [9.17, 15) is 0 Å². The molecule has 0 aliphatic carbocycles. The van der Waals surface area contributed by atoms with E-state index < -0.39 is 0 Å². The fourth-order valence-corrected chi connectivity index (χ4v) is 2.80. The molecule has 0 amide bonds. The van der Waals surface area contributed by atoms with Crippen LogP contribution in [0, 0.1) is 6.92 Å². The monoisotopic (exact) mass is 305 g/mol. The van der Waals surface area contributed by atoms with E-state index in [-0.39, 0.29) is 0 Å². The average Bonchev–Trinajstić information content (AvgIpc) is 2.91. The number of hydrogen-bond acceptors (Lipinski definition) is 4. The van der Waals surface area contributed by atoms with Crippen molar-refractivity contribution in [1.29, 1.82) is 0 Å². The Balaban J connectivity index is 1.72. The van der Waals surface area contributed by atoms with Gasteiger partial charge in [-0.05, 0) is 42.5 Å². The molecule has 1 aromatic carbocycles. The average molecular weight is 305 g/mol. The second kappa shape index (κ2) is 8.70. The van der Waals surface area contributed by atoms with Gasteiger partial charge in [0.15, 0.2) is 11.5 Å². The van der Waals surface area contributed by atoms with Crippen molar-refractivity contribution < 1.29 is 9.47 Å². The molecular weight excluding hydrogens is 282 g/mol. The number of thiophene rings is 1. The highest BCUT2D eigenvalue weighted by atomic mass is 32.1. The van der Waals surface area contributed by atoms with Gasteiger partial charge < -0.3 is 14.8 Å². The number of para-hydroxylation sites is 2. The molecule has 0 aliphatic rings. The molecule has 0 saturated carbocycles. The summed E-state index contributed by atoms with van der Waals surface area (Å²) in [5.74, 6) is 1.65. The summed E-state index contributed by atoms with van der Waals surface area (Å²) in [7, 11) is 0. The van der Waals surface area contributed by atoms with Crippen LogP contribution in [0.5, 0.6) is 11.5 Å². The molecule has 21 heavy (non-hydrogen) atoms. The summed E-state index contributed by atoms with van der Waals surface area (Å²) in [5.41, 5.74) is 1.35.